The Morgan fingerprint density at radius 3 is 2.63 bits per heavy atom. The molecule has 0 spiro atoms. The van der Waals surface area contributed by atoms with Crippen LogP contribution in [-0.2, 0) is 7.05 Å². The van der Waals surface area contributed by atoms with Gasteiger partial charge >= 0.3 is 5.69 Å². The number of nitrogens with zero attached hydrogens (tertiary/aromatic N) is 2. The second-order valence-corrected chi connectivity index (χ2v) is 4.70. The summed E-state index contributed by atoms with van der Waals surface area (Å²) in [5.41, 5.74) is 1.92. The van der Waals surface area contributed by atoms with Gasteiger partial charge in [-0.25, -0.2) is 9.48 Å². The number of hydrogen-bond acceptors (Lipinski definition) is 3. The fraction of sp³-hybridized carbons (Fsp3) is 0.250. The minimum Gasteiger partial charge on any atom is -0.318 e. The van der Waals surface area contributed by atoms with Gasteiger partial charge in [-0.2, -0.15) is 0 Å². The Morgan fingerprint density at radius 1 is 1.42 bits per heavy atom. The Labute approximate surface area is 114 Å². The van der Waals surface area contributed by atoms with Crippen LogP contribution in [0.15, 0.2) is 16.9 Å². The number of halogens is 1. The summed E-state index contributed by atoms with van der Waals surface area (Å²) in [6.45, 7) is 3.76. The molecule has 2 rings (SSSR count). The first-order chi connectivity index (χ1) is 8.88. The van der Waals surface area contributed by atoms with E-state index >= 15 is 0 Å². The molecule has 2 N–H and O–H groups in total. The molecule has 1 amide bonds. The highest BCUT2D eigenvalue weighted by Gasteiger charge is 2.15. The van der Waals surface area contributed by atoms with Crippen LogP contribution < -0.4 is 11.0 Å². The van der Waals surface area contributed by atoms with Gasteiger partial charge in [0.1, 0.15) is 0 Å². The number of aromatic amines is 1. The molecule has 0 aliphatic rings. The fourth-order valence-corrected chi connectivity index (χ4v) is 2.12. The van der Waals surface area contributed by atoms with Crippen LogP contribution >= 0.6 is 11.6 Å². The first kappa shape index (κ1) is 13.4. The predicted octanol–water partition coefficient (Wildman–Crippen LogP) is 1.63. The van der Waals surface area contributed by atoms with Crippen LogP contribution in [0.25, 0.3) is 0 Å². The van der Waals surface area contributed by atoms with Crippen LogP contribution in [0, 0.1) is 13.8 Å². The van der Waals surface area contributed by atoms with Crippen LogP contribution in [0.4, 0.5) is 5.69 Å². The second kappa shape index (κ2) is 4.89. The molecule has 6 nitrogen and oxygen atoms in total. The number of H-pyrrole nitrogens is 1. The summed E-state index contributed by atoms with van der Waals surface area (Å²) in [6, 6.07) is 3.66. The molecule has 0 fully saturated rings. The molecule has 100 valence electrons. The molecule has 2 aromatic rings. The number of benzene rings is 1. The molecule has 1 aromatic carbocycles. The van der Waals surface area contributed by atoms with Crippen molar-refractivity contribution in [2.45, 2.75) is 13.8 Å². The zero-order valence-electron chi connectivity index (χ0n) is 10.7. The molecule has 19 heavy (non-hydrogen) atoms. The molecule has 0 aliphatic heterocycles. The van der Waals surface area contributed by atoms with Crippen molar-refractivity contribution < 1.29 is 4.79 Å². The van der Waals surface area contributed by atoms with Crippen molar-refractivity contribution in [3.05, 3.63) is 44.6 Å². The first-order valence-electron chi connectivity index (χ1n) is 5.60. The van der Waals surface area contributed by atoms with Gasteiger partial charge in [0.2, 0.25) is 5.82 Å². The van der Waals surface area contributed by atoms with Gasteiger partial charge in [0.25, 0.3) is 5.91 Å². The van der Waals surface area contributed by atoms with E-state index in [-0.39, 0.29) is 5.82 Å². The monoisotopic (exact) mass is 280 g/mol. The second-order valence-electron chi connectivity index (χ2n) is 4.30. The van der Waals surface area contributed by atoms with Gasteiger partial charge in [-0.3, -0.25) is 9.78 Å². The number of carbonyl (C=O) groups is 1. The number of anilines is 1. The largest absolute Gasteiger partial charge is 0.343 e. The third-order valence-corrected chi connectivity index (χ3v) is 2.95. The summed E-state index contributed by atoms with van der Waals surface area (Å²) in [5, 5.41) is 6.87. The van der Waals surface area contributed by atoms with Gasteiger partial charge in [-0.15, -0.1) is 5.10 Å². The molecule has 0 unspecified atom stereocenters. The van der Waals surface area contributed by atoms with E-state index in [2.05, 4.69) is 15.4 Å². The van der Waals surface area contributed by atoms with Gasteiger partial charge in [0.05, 0.1) is 10.7 Å². The highest BCUT2D eigenvalue weighted by molar-refractivity contribution is 6.34. The minimum atomic E-state index is -0.508. The normalized spacial score (nSPS) is 10.5. The zero-order chi connectivity index (χ0) is 14.2. The van der Waals surface area contributed by atoms with E-state index in [0.717, 1.165) is 15.8 Å². The third-order valence-electron chi connectivity index (χ3n) is 2.65. The Morgan fingerprint density at radius 2 is 2.11 bits per heavy atom. The lowest BCUT2D eigenvalue weighted by atomic mass is 10.1. The fourth-order valence-electron chi connectivity index (χ4n) is 1.75. The molecule has 0 bridgehead atoms. The van der Waals surface area contributed by atoms with Crippen LogP contribution in [0.5, 0.6) is 0 Å². The van der Waals surface area contributed by atoms with Gasteiger partial charge < -0.3 is 5.32 Å². The lowest BCUT2D eigenvalue weighted by Gasteiger charge is -2.10. The average Bonchev–Trinajstić information content (AvgIpc) is 2.64. The van der Waals surface area contributed by atoms with Crippen LogP contribution in [0.1, 0.15) is 21.7 Å². The molecular weight excluding hydrogens is 268 g/mol. The Kier molecular flexibility index (Phi) is 3.44. The smallest absolute Gasteiger partial charge is 0.318 e. The van der Waals surface area contributed by atoms with Crippen LogP contribution in [0.3, 0.4) is 0 Å². The standard InChI is InChI=1S/C12H13ClN4O2/c1-6-4-7(2)9(8(13)5-6)14-11(18)10-15-12(19)17(3)16-10/h4-5H,1-3H3,(H,14,18)(H,15,16,19). The topological polar surface area (TPSA) is 79.8 Å². The maximum atomic E-state index is 12.0. The van der Waals surface area contributed by atoms with Crippen molar-refractivity contribution in [3.63, 3.8) is 0 Å². The average molecular weight is 281 g/mol. The minimum absolute atomic E-state index is 0.0523. The molecule has 1 heterocycles. The van der Waals surface area contributed by atoms with Crippen molar-refractivity contribution in [1.29, 1.82) is 0 Å². The highest BCUT2D eigenvalue weighted by atomic mass is 35.5. The number of carbonyl (C=O) groups excluding carboxylic acids is 1. The SMILES string of the molecule is Cc1cc(C)c(NC(=O)c2nn(C)c(=O)[nH]2)c(Cl)c1. The molecule has 0 atom stereocenters. The number of hydrogen-bond donors (Lipinski definition) is 2. The van der Waals surface area contributed by atoms with Crippen LogP contribution in [-0.4, -0.2) is 20.7 Å². The Hall–Kier alpha value is -2.08. The quantitative estimate of drug-likeness (QED) is 0.877. The van der Waals surface area contributed by atoms with E-state index in [4.69, 9.17) is 11.6 Å². The molecular formula is C12H13ClN4O2. The van der Waals surface area contributed by atoms with E-state index in [9.17, 15) is 9.59 Å². The van der Waals surface area contributed by atoms with Crippen LogP contribution in [0.2, 0.25) is 5.02 Å². The van der Waals surface area contributed by atoms with Crippen molar-refractivity contribution in [2.75, 3.05) is 5.32 Å². The molecule has 0 saturated heterocycles. The first-order valence-corrected chi connectivity index (χ1v) is 5.97. The summed E-state index contributed by atoms with van der Waals surface area (Å²) in [4.78, 5) is 25.5. The molecule has 0 radical (unpaired) electrons. The van der Waals surface area contributed by atoms with Gasteiger partial charge in [0.15, 0.2) is 0 Å². The number of nitrogens with one attached hydrogen (secondary N) is 2. The zero-order valence-corrected chi connectivity index (χ0v) is 11.5. The number of rotatable bonds is 2. The number of aromatic nitrogens is 3. The lowest BCUT2D eigenvalue weighted by Crippen LogP contribution is -2.16. The highest BCUT2D eigenvalue weighted by Crippen LogP contribution is 2.27. The molecule has 7 heteroatoms. The summed E-state index contributed by atoms with van der Waals surface area (Å²) in [7, 11) is 1.46. The van der Waals surface area contributed by atoms with E-state index < -0.39 is 11.6 Å². The summed E-state index contributed by atoms with van der Waals surface area (Å²) in [6.07, 6.45) is 0. The summed E-state index contributed by atoms with van der Waals surface area (Å²) >= 11 is 6.09. The van der Waals surface area contributed by atoms with Gasteiger partial charge in [-0.1, -0.05) is 17.7 Å². The van der Waals surface area contributed by atoms with Gasteiger partial charge in [0, 0.05) is 7.05 Å². The Bertz CT molecular complexity index is 679. The third kappa shape index (κ3) is 2.68. The lowest BCUT2D eigenvalue weighted by molar-refractivity contribution is 0.101. The molecule has 0 aliphatic carbocycles. The van der Waals surface area contributed by atoms with E-state index in [1.807, 2.05) is 19.9 Å². The van der Waals surface area contributed by atoms with E-state index in [1.54, 1.807) is 6.07 Å². The maximum absolute atomic E-state index is 12.0. The van der Waals surface area contributed by atoms with E-state index in [0.29, 0.717) is 10.7 Å². The Balaban J connectivity index is 2.31. The van der Waals surface area contributed by atoms with E-state index in [1.165, 1.54) is 7.05 Å². The molecule has 1 aromatic heterocycles. The molecule has 0 saturated carbocycles. The number of aryl methyl sites for hydroxylation is 3. The maximum Gasteiger partial charge on any atom is 0.343 e. The van der Waals surface area contributed by atoms with Crippen molar-refractivity contribution in [2.24, 2.45) is 7.05 Å². The van der Waals surface area contributed by atoms with Gasteiger partial charge in [-0.05, 0) is 31.0 Å². The van der Waals surface area contributed by atoms with Crippen molar-refractivity contribution in [3.8, 4) is 0 Å². The number of amides is 1. The summed E-state index contributed by atoms with van der Waals surface area (Å²) in [5.74, 6) is -0.560. The van der Waals surface area contributed by atoms with Crippen molar-refractivity contribution in [1.82, 2.24) is 14.8 Å². The van der Waals surface area contributed by atoms with Crippen molar-refractivity contribution >= 4 is 23.2 Å². The summed E-state index contributed by atoms with van der Waals surface area (Å²) < 4.78 is 1.05. The predicted molar refractivity (Wildman–Crippen MR) is 72.7 cm³/mol.